The van der Waals surface area contributed by atoms with Crippen molar-refractivity contribution in [2.24, 2.45) is 5.92 Å². The highest BCUT2D eigenvalue weighted by molar-refractivity contribution is 5.33. The lowest BCUT2D eigenvalue weighted by atomic mass is 10.0. The molecule has 0 aliphatic carbocycles. The number of anilines is 1. The maximum atomic E-state index is 12.6. The molecule has 4 nitrogen and oxygen atoms in total. The third-order valence-corrected chi connectivity index (χ3v) is 2.93. The summed E-state index contributed by atoms with van der Waals surface area (Å²) < 4.78 is 12.6. The van der Waals surface area contributed by atoms with Crippen LogP contribution in [0.3, 0.4) is 0 Å². The summed E-state index contributed by atoms with van der Waals surface area (Å²) in [6, 6.07) is 0.0514. The number of halogens is 1. The molecule has 1 saturated heterocycles. The number of aromatic nitrogens is 2. The molecule has 0 bridgehead atoms. The molecular weight excluding hydrogens is 197 g/mol. The highest BCUT2D eigenvalue weighted by Crippen LogP contribution is 2.26. The molecule has 5 heteroatoms. The minimum absolute atomic E-state index is 0.0514. The molecule has 15 heavy (non-hydrogen) atoms. The fraction of sp³-hybridized carbons (Fsp3) is 0.600. The number of aliphatic hydroxyl groups is 1. The molecule has 1 aromatic rings. The van der Waals surface area contributed by atoms with Crippen molar-refractivity contribution in [3.8, 4) is 0 Å². The lowest BCUT2D eigenvalue weighted by Gasteiger charge is -2.24. The second kappa shape index (κ2) is 4.10. The van der Waals surface area contributed by atoms with E-state index in [0.717, 1.165) is 25.4 Å². The van der Waals surface area contributed by atoms with Crippen molar-refractivity contribution in [3.05, 3.63) is 18.2 Å². The van der Waals surface area contributed by atoms with Crippen LogP contribution < -0.4 is 4.90 Å². The van der Waals surface area contributed by atoms with Gasteiger partial charge >= 0.3 is 0 Å². The number of hydrogen-bond donors (Lipinski definition) is 1. The zero-order chi connectivity index (χ0) is 10.8. The van der Waals surface area contributed by atoms with E-state index in [4.69, 9.17) is 0 Å². The van der Waals surface area contributed by atoms with E-state index in [1.807, 2.05) is 4.90 Å². The molecule has 0 spiro atoms. The second-order valence-corrected chi connectivity index (χ2v) is 3.91. The summed E-state index contributed by atoms with van der Waals surface area (Å²) in [5.74, 6) is 0.481. The molecule has 0 saturated carbocycles. The average molecular weight is 211 g/mol. The Morgan fingerprint density at radius 1 is 1.53 bits per heavy atom. The Bertz CT molecular complexity index is 330. The first-order valence-electron chi connectivity index (χ1n) is 5.07. The van der Waals surface area contributed by atoms with Gasteiger partial charge in [0, 0.05) is 6.54 Å². The highest BCUT2D eigenvalue weighted by atomic mass is 19.1. The Morgan fingerprint density at radius 3 is 2.80 bits per heavy atom. The van der Waals surface area contributed by atoms with Crippen LogP contribution in [0, 0.1) is 11.7 Å². The zero-order valence-corrected chi connectivity index (χ0v) is 8.60. The molecule has 0 aromatic carbocycles. The molecule has 1 aliphatic rings. The van der Waals surface area contributed by atoms with Crippen LogP contribution in [0.1, 0.15) is 13.3 Å². The Morgan fingerprint density at radius 2 is 2.20 bits per heavy atom. The molecule has 2 heterocycles. The number of aliphatic hydroxyl groups excluding tert-OH is 1. The van der Waals surface area contributed by atoms with Crippen LogP contribution in [-0.4, -0.2) is 34.3 Å². The summed E-state index contributed by atoms with van der Waals surface area (Å²) in [5.41, 5.74) is 0. The molecule has 1 aliphatic heterocycles. The van der Waals surface area contributed by atoms with Crippen molar-refractivity contribution in [1.29, 1.82) is 0 Å². The van der Waals surface area contributed by atoms with Crippen molar-refractivity contribution in [3.63, 3.8) is 0 Å². The number of rotatable bonds is 2. The van der Waals surface area contributed by atoms with Crippen molar-refractivity contribution in [2.75, 3.05) is 18.1 Å². The Labute approximate surface area is 87.8 Å². The number of hydrogen-bond acceptors (Lipinski definition) is 4. The van der Waals surface area contributed by atoms with Crippen LogP contribution in [0.4, 0.5) is 10.3 Å². The first kappa shape index (κ1) is 10.3. The maximum Gasteiger partial charge on any atom is 0.225 e. The predicted molar refractivity (Wildman–Crippen MR) is 54.0 cm³/mol. The lowest BCUT2D eigenvalue weighted by Crippen LogP contribution is -2.36. The first-order valence-corrected chi connectivity index (χ1v) is 5.07. The molecule has 0 amide bonds. The van der Waals surface area contributed by atoms with Crippen LogP contribution >= 0.6 is 0 Å². The Hall–Kier alpha value is -1.23. The van der Waals surface area contributed by atoms with E-state index in [1.54, 1.807) is 0 Å². The van der Waals surface area contributed by atoms with Gasteiger partial charge in [-0.2, -0.15) is 0 Å². The maximum absolute atomic E-state index is 12.6. The quantitative estimate of drug-likeness (QED) is 0.787. The van der Waals surface area contributed by atoms with Crippen LogP contribution in [0.25, 0.3) is 0 Å². The van der Waals surface area contributed by atoms with Gasteiger partial charge in [0.25, 0.3) is 0 Å². The van der Waals surface area contributed by atoms with Crippen molar-refractivity contribution >= 4 is 5.95 Å². The van der Waals surface area contributed by atoms with Crippen molar-refractivity contribution in [2.45, 2.75) is 19.4 Å². The van der Waals surface area contributed by atoms with Gasteiger partial charge < -0.3 is 10.0 Å². The SMILES string of the molecule is CC1CCN(c2ncc(F)cn2)C1CO. The van der Waals surface area contributed by atoms with Gasteiger partial charge in [-0.1, -0.05) is 6.92 Å². The third kappa shape index (κ3) is 1.92. The van der Waals surface area contributed by atoms with Crippen LogP contribution in [-0.2, 0) is 0 Å². The lowest BCUT2D eigenvalue weighted by molar-refractivity contribution is 0.244. The first-order chi connectivity index (χ1) is 7.22. The molecule has 1 aromatic heterocycles. The summed E-state index contributed by atoms with van der Waals surface area (Å²) in [4.78, 5) is 9.78. The summed E-state index contributed by atoms with van der Waals surface area (Å²) in [6.07, 6.45) is 3.31. The minimum Gasteiger partial charge on any atom is -0.394 e. The van der Waals surface area contributed by atoms with Gasteiger partial charge in [0.2, 0.25) is 5.95 Å². The summed E-state index contributed by atoms with van der Waals surface area (Å²) >= 11 is 0. The fourth-order valence-corrected chi connectivity index (χ4v) is 1.99. The molecule has 0 radical (unpaired) electrons. The van der Waals surface area contributed by atoms with Gasteiger partial charge in [-0.25, -0.2) is 14.4 Å². The van der Waals surface area contributed by atoms with Gasteiger partial charge in [-0.15, -0.1) is 0 Å². The minimum atomic E-state index is -0.438. The monoisotopic (exact) mass is 211 g/mol. The van der Waals surface area contributed by atoms with E-state index < -0.39 is 5.82 Å². The third-order valence-electron chi connectivity index (χ3n) is 2.93. The summed E-state index contributed by atoms with van der Waals surface area (Å²) in [7, 11) is 0. The van der Waals surface area contributed by atoms with Crippen LogP contribution in [0.5, 0.6) is 0 Å². The average Bonchev–Trinajstić information content (AvgIpc) is 2.61. The standard InChI is InChI=1S/C10H14FN3O/c1-7-2-3-14(9(7)6-15)10-12-4-8(11)5-13-10/h4-5,7,9,15H,2-3,6H2,1H3. The van der Waals surface area contributed by atoms with Crippen LogP contribution in [0.2, 0.25) is 0 Å². The van der Waals surface area contributed by atoms with Crippen molar-refractivity contribution in [1.82, 2.24) is 9.97 Å². The molecule has 1 N–H and O–H groups in total. The van der Waals surface area contributed by atoms with Gasteiger partial charge in [0.15, 0.2) is 5.82 Å². The molecular formula is C10H14FN3O. The van der Waals surface area contributed by atoms with Crippen molar-refractivity contribution < 1.29 is 9.50 Å². The van der Waals surface area contributed by atoms with E-state index >= 15 is 0 Å². The van der Waals surface area contributed by atoms with E-state index in [0.29, 0.717) is 11.9 Å². The Kier molecular flexibility index (Phi) is 2.81. The topological polar surface area (TPSA) is 49.2 Å². The predicted octanol–water partition coefficient (Wildman–Crippen LogP) is 0.823. The molecule has 2 unspecified atom stereocenters. The van der Waals surface area contributed by atoms with E-state index in [2.05, 4.69) is 16.9 Å². The van der Waals surface area contributed by atoms with Crippen LogP contribution in [0.15, 0.2) is 12.4 Å². The normalized spacial score (nSPS) is 25.9. The van der Waals surface area contributed by atoms with E-state index in [9.17, 15) is 9.50 Å². The molecule has 1 fully saturated rings. The van der Waals surface area contributed by atoms with Gasteiger partial charge in [0.1, 0.15) is 0 Å². The number of nitrogens with zero attached hydrogens (tertiary/aromatic N) is 3. The van der Waals surface area contributed by atoms with Gasteiger partial charge in [-0.05, 0) is 12.3 Å². The highest BCUT2D eigenvalue weighted by Gasteiger charge is 2.31. The fourth-order valence-electron chi connectivity index (χ4n) is 1.99. The molecule has 82 valence electrons. The second-order valence-electron chi connectivity index (χ2n) is 3.91. The van der Waals surface area contributed by atoms with E-state index in [-0.39, 0.29) is 12.6 Å². The zero-order valence-electron chi connectivity index (χ0n) is 8.60. The molecule has 2 atom stereocenters. The van der Waals surface area contributed by atoms with Gasteiger partial charge in [0.05, 0.1) is 25.0 Å². The smallest absolute Gasteiger partial charge is 0.225 e. The molecule has 2 rings (SSSR count). The Balaban J connectivity index is 2.20. The largest absolute Gasteiger partial charge is 0.394 e. The van der Waals surface area contributed by atoms with E-state index in [1.165, 1.54) is 0 Å². The summed E-state index contributed by atoms with van der Waals surface area (Å²) in [5, 5.41) is 9.25. The summed E-state index contributed by atoms with van der Waals surface area (Å²) in [6.45, 7) is 2.99. The van der Waals surface area contributed by atoms with Gasteiger partial charge in [-0.3, -0.25) is 0 Å².